The van der Waals surface area contributed by atoms with Crippen LogP contribution in [0, 0.1) is 0 Å². The average molecular weight is 304 g/mol. The highest BCUT2D eigenvalue weighted by Gasteiger charge is 2.10. The molecule has 0 amide bonds. The van der Waals surface area contributed by atoms with Crippen LogP contribution in [-0.2, 0) is 6.54 Å². The third kappa shape index (κ3) is 2.73. The Kier molecular flexibility index (Phi) is 3.35. The van der Waals surface area contributed by atoms with E-state index in [4.69, 9.17) is 21.8 Å². The maximum Gasteiger partial charge on any atom is 0.417 e. The van der Waals surface area contributed by atoms with Gasteiger partial charge in [0.25, 0.3) is 0 Å². The third-order valence-corrected chi connectivity index (χ3v) is 3.56. The van der Waals surface area contributed by atoms with Crippen molar-refractivity contribution >= 4 is 34.1 Å². The van der Waals surface area contributed by atoms with Crippen molar-refractivity contribution in [1.29, 1.82) is 0 Å². The number of nitrogens with one attached hydrogen (secondary N) is 1. The van der Waals surface area contributed by atoms with Gasteiger partial charge in [-0.2, -0.15) is 0 Å². The molecule has 0 atom stereocenters. The lowest BCUT2D eigenvalue weighted by Gasteiger charge is -2.21. The SMILES string of the molecule is CN(Cc1ccc(Cl)cc1)c1cc2[nH]c(=O)oc2cc1N. The zero-order chi connectivity index (χ0) is 15.0. The molecule has 0 fully saturated rings. The molecule has 0 spiro atoms. The number of halogens is 1. The van der Waals surface area contributed by atoms with E-state index in [1.807, 2.05) is 42.3 Å². The van der Waals surface area contributed by atoms with Crippen LogP contribution in [0.1, 0.15) is 5.56 Å². The molecule has 0 saturated carbocycles. The standard InChI is InChI=1S/C15H14ClN3O2/c1-19(8-9-2-4-10(16)5-3-9)13-7-12-14(6-11(13)17)21-15(20)18-12/h2-7H,8,17H2,1H3,(H,18,20). The molecule has 0 bridgehead atoms. The van der Waals surface area contributed by atoms with Crippen LogP contribution in [-0.4, -0.2) is 12.0 Å². The van der Waals surface area contributed by atoms with Crippen molar-refractivity contribution in [2.24, 2.45) is 0 Å². The largest absolute Gasteiger partial charge is 0.417 e. The van der Waals surface area contributed by atoms with Crippen molar-refractivity contribution in [1.82, 2.24) is 4.98 Å². The molecule has 108 valence electrons. The Bertz CT molecular complexity index is 836. The predicted octanol–water partition coefficient (Wildman–Crippen LogP) is 2.99. The lowest BCUT2D eigenvalue weighted by Crippen LogP contribution is -2.17. The van der Waals surface area contributed by atoms with Gasteiger partial charge >= 0.3 is 5.76 Å². The van der Waals surface area contributed by atoms with Gasteiger partial charge in [-0.15, -0.1) is 0 Å². The maximum atomic E-state index is 11.2. The van der Waals surface area contributed by atoms with E-state index < -0.39 is 5.76 Å². The molecule has 0 aliphatic carbocycles. The first kappa shape index (κ1) is 13.6. The Labute approximate surface area is 125 Å². The lowest BCUT2D eigenvalue weighted by molar-refractivity contribution is 0.555. The molecule has 5 nitrogen and oxygen atoms in total. The van der Waals surface area contributed by atoms with E-state index in [9.17, 15) is 4.79 Å². The van der Waals surface area contributed by atoms with Crippen LogP contribution >= 0.6 is 11.6 Å². The molecule has 6 heteroatoms. The first-order valence-electron chi connectivity index (χ1n) is 6.41. The Morgan fingerprint density at radius 2 is 2.00 bits per heavy atom. The molecule has 0 unspecified atom stereocenters. The number of nitrogens with two attached hydrogens (primary N) is 1. The molecule has 3 aromatic rings. The molecule has 21 heavy (non-hydrogen) atoms. The molecule has 3 N–H and O–H groups in total. The van der Waals surface area contributed by atoms with E-state index in [1.165, 1.54) is 0 Å². The third-order valence-electron chi connectivity index (χ3n) is 3.31. The van der Waals surface area contributed by atoms with Gasteiger partial charge in [-0.1, -0.05) is 23.7 Å². The number of anilines is 2. The zero-order valence-corrected chi connectivity index (χ0v) is 12.1. The van der Waals surface area contributed by atoms with Gasteiger partial charge in [0.1, 0.15) is 0 Å². The Balaban J connectivity index is 1.93. The summed E-state index contributed by atoms with van der Waals surface area (Å²) in [5.74, 6) is -0.484. The molecular weight excluding hydrogens is 290 g/mol. The second-order valence-corrected chi connectivity index (χ2v) is 5.34. The van der Waals surface area contributed by atoms with Crippen molar-refractivity contribution in [3.63, 3.8) is 0 Å². The van der Waals surface area contributed by atoms with Gasteiger partial charge in [0, 0.05) is 24.7 Å². The highest BCUT2D eigenvalue weighted by atomic mass is 35.5. The van der Waals surface area contributed by atoms with Gasteiger partial charge in [-0.3, -0.25) is 4.98 Å². The zero-order valence-electron chi connectivity index (χ0n) is 11.4. The summed E-state index contributed by atoms with van der Waals surface area (Å²) >= 11 is 5.88. The fraction of sp³-hybridized carbons (Fsp3) is 0.133. The number of rotatable bonds is 3. The van der Waals surface area contributed by atoms with Crippen molar-refractivity contribution < 1.29 is 4.42 Å². The second-order valence-electron chi connectivity index (χ2n) is 4.90. The summed E-state index contributed by atoms with van der Waals surface area (Å²) in [4.78, 5) is 15.8. The number of hydrogen-bond donors (Lipinski definition) is 2. The van der Waals surface area contributed by atoms with E-state index in [-0.39, 0.29) is 0 Å². The van der Waals surface area contributed by atoms with Crippen molar-refractivity contribution in [2.45, 2.75) is 6.54 Å². The summed E-state index contributed by atoms with van der Waals surface area (Å²) in [5, 5.41) is 0.707. The monoisotopic (exact) mass is 303 g/mol. The fourth-order valence-corrected chi connectivity index (χ4v) is 2.41. The number of benzene rings is 2. The molecule has 0 radical (unpaired) electrons. The molecule has 0 saturated heterocycles. The molecular formula is C15H14ClN3O2. The van der Waals surface area contributed by atoms with Gasteiger partial charge in [-0.05, 0) is 23.8 Å². The molecule has 0 aliphatic heterocycles. The molecule has 1 aromatic heterocycles. The normalized spacial score (nSPS) is 11.0. The van der Waals surface area contributed by atoms with E-state index in [1.54, 1.807) is 6.07 Å². The summed E-state index contributed by atoms with van der Waals surface area (Å²) in [5.41, 5.74) is 9.63. The van der Waals surface area contributed by atoms with Gasteiger partial charge in [0.15, 0.2) is 5.58 Å². The Morgan fingerprint density at radius 1 is 1.29 bits per heavy atom. The number of oxazole rings is 1. The number of nitrogen functional groups attached to an aromatic ring is 1. The highest BCUT2D eigenvalue weighted by molar-refractivity contribution is 6.30. The highest BCUT2D eigenvalue weighted by Crippen LogP contribution is 2.28. The van der Waals surface area contributed by atoms with Crippen LogP contribution in [0.15, 0.2) is 45.6 Å². The predicted molar refractivity (Wildman–Crippen MR) is 84.8 cm³/mol. The molecule has 1 heterocycles. The first-order chi connectivity index (χ1) is 10.0. The Hall–Kier alpha value is -2.40. The van der Waals surface area contributed by atoms with Crippen molar-refractivity contribution in [2.75, 3.05) is 17.7 Å². The molecule has 0 aliphatic rings. The van der Waals surface area contributed by atoms with Crippen molar-refractivity contribution in [3.05, 3.63) is 57.5 Å². The van der Waals surface area contributed by atoms with Crippen LogP contribution in [0.4, 0.5) is 11.4 Å². The quantitative estimate of drug-likeness (QED) is 0.729. The van der Waals surface area contributed by atoms with E-state index >= 15 is 0 Å². The van der Waals surface area contributed by atoms with Crippen molar-refractivity contribution in [3.8, 4) is 0 Å². The summed E-state index contributed by atoms with van der Waals surface area (Å²) in [6.45, 7) is 0.676. The second kappa shape index (κ2) is 5.18. The number of aromatic nitrogens is 1. The number of H-pyrrole nitrogens is 1. The average Bonchev–Trinajstić information content (AvgIpc) is 2.79. The van der Waals surface area contributed by atoms with Crippen LogP contribution in [0.25, 0.3) is 11.1 Å². The van der Waals surface area contributed by atoms with Gasteiger partial charge in [0.2, 0.25) is 0 Å². The van der Waals surface area contributed by atoms with Crippen LogP contribution < -0.4 is 16.4 Å². The van der Waals surface area contributed by atoms with E-state index in [0.717, 1.165) is 11.3 Å². The van der Waals surface area contributed by atoms with Crippen LogP contribution in [0.5, 0.6) is 0 Å². The molecule has 2 aromatic carbocycles. The summed E-state index contributed by atoms with van der Waals surface area (Å²) < 4.78 is 4.99. The Morgan fingerprint density at radius 3 is 2.71 bits per heavy atom. The smallest absolute Gasteiger partial charge is 0.408 e. The fourth-order valence-electron chi connectivity index (χ4n) is 2.28. The van der Waals surface area contributed by atoms with Crippen LogP contribution in [0.3, 0.4) is 0 Å². The minimum absolute atomic E-state index is 0.459. The summed E-state index contributed by atoms with van der Waals surface area (Å²) in [6, 6.07) is 11.1. The van der Waals surface area contributed by atoms with E-state index in [2.05, 4.69) is 4.98 Å². The van der Waals surface area contributed by atoms with Gasteiger partial charge < -0.3 is 15.1 Å². The van der Waals surface area contributed by atoms with Crippen LogP contribution in [0.2, 0.25) is 5.02 Å². The minimum atomic E-state index is -0.484. The summed E-state index contributed by atoms with van der Waals surface area (Å²) in [7, 11) is 1.93. The minimum Gasteiger partial charge on any atom is -0.408 e. The maximum absolute atomic E-state index is 11.2. The van der Waals surface area contributed by atoms with E-state index in [0.29, 0.717) is 28.4 Å². The molecule has 3 rings (SSSR count). The topological polar surface area (TPSA) is 75.3 Å². The number of nitrogens with zero attached hydrogens (tertiary/aromatic N) is 1. The van der Waals surface area contributed by atoms with Gasteiger partial charge in [0.05, 0.1) is 16.9 Å². The number of hydrogen-bond acceptors (Lipinski definition) is 4. The summed E-state index contributed by atoms with van der Waals surface area (Å²) in [6.07, 6.45) is 0. The number of aromatic amines is 1. The lowest BCUT2D eigenvalue weighted by atomic mass is 10.2. The van der Waals surface area contributed by atoms with Gasteiger partial charge in [-0.25, -0.2) is 4.79 Å². The number of fused-ring (bicyclic) bond motifs is 1. The first-order valence-corrected chi connectivity index (χ1v) is 6.78.